The maximum atomic E-state index is 14.2. The van der Waals surface area contributed by atoms with Crippen molar-refractivity contribution in [1.82, 2.24) is 4.13 Å². The molecule has 0 bridgehead atoms. The van der Waals surface area contributed by atoms with Gasteiger partial charge >= 0.3 is 32.9 Å². The van der Waals surface area contributed by atoms with E-state index in [0.717, 1.165) is 12.0 Å². The molecule has 0 saturated heterocycles. The first kappa shape index (κ1) is 31.6. The summed E-state index contributed by atoms with van der Waals surface area (Å²) in [6.07, 6.45) is -10.2. The predicted molar refractivity (Wildman–Crippen MR) is 116 cm³/mol. The van der Waals surface area contributed by atoms with Gasteiger partial charge in [0.25, 0.3) is 10.0 Å². The number of hydrogen-bond acceptors (Lipinski definition) is 7. The van der Waals surface area contributed by atoms with Crippen LogP contribution in [0.3, 0.4) is 0 Å². The number of sulfonamides is 2. The minimum absolute atomic E-state index is 0.237. The van der Waals surface area contributed by atoms with Crippen molar-refractivity contribution in [1.29, 1.82) is 0 Å². The van der Waals surface area contributed by atoms with Gasteiger partial charge in [-0.1, -0.05) is 42.2 Å². The number of nitrogens with one attached hydrogen (secondary N) is 1. The Morgan fingerprint density at radius 1 is 0.895 bits per heavy atom. The second-order valence-electron chi connectivity index (χ2n) is 7.88. The van der Waals surface area contributed by atoms with Gasteiger partial charge in [-0.3, -0.25) is 0 Å². The van der Waals surface area contributed by atoms with E-state index in [1.54, 1.807) is 12.1 Å². The molecular weight excluding hydrogens is 582 g/mol. The first-order valence-electron chi connectivity index (χ1n) is 10.3. The quantitative estimate of drug-likeness (QED) is 0.241. The molecule has 2 unspecified atom stereocenters. The molecule has 0 aliphatic heterocycles. The Labute approximate surface area is 211 Å². The lowest BCUT2D eigenvalue weighted by Crippen LogP contribution is -2.57. The van der Waals surface area contributed by atoms with Gasteiger partial charge in [0, 0.05) is 0 Å². The Bertz CT molecular complexity index is 1390. The van der Waals surface area contributed by atoms with Crippen LogP contribution in [0.5, 0.6) is 5.75 Å². The topological polar surface area (TPSA) is 116 Å². The molecule has 2 aromatic carbocycles. The zero-order chi connectivity index (χ0) is 29.3. The minimum atomic E-state index is -7.21. The van der Waals surface area contributed by atoms with Gasteiger partial charge < -0.3 is 9.47 Å². The number of alkyl halides is 8. The number of carbonyl (C=O) groups excluding carboxylic acids is 1. The Morgan fingerprint density at radius 2 is 1.45 bits per heavy atom. The van der Waals surface area contributed by atoms with Gasteiger partial charge in [-0.25, -0.2) is 21.6 Å². The SMILES string of the molecule is CCC(C)c1ccc2cc(OC(=O)COC(C(F)(F)F)C(F)(F)S(=O)(=O)NS(=O)(=O)C(F)(F)F)ccc2c1. The van der Waals surface area contributed by atoms with Gasteiger partial charge in [-0.15, -0.1) is 0 Å². The van der Waals surface area contributed by atoms with E-state index >= 15 is 0 Å². The van der Waals surface area contributed by atoms with Gasteiger partial charge in [-0.05, 0) is 40.8 Å². The molecule has 0 aliphatic rings. The monoisotopic (exact) mass is 601 g/mol. The van der Waals surface area contributed by atoms with Crippen molar-refractivity contribution >= 4 is 36.8 Å². The van der Waals surface area contributed by atoms with E-state index in [4.69, 9.17) is 4.74 Å². The first-order chi connectivity index (χ1) is 17.1. The molecule has 0 amide bonds. The molecule has 0 radical (unpaired) electrons. The third kappa shape index (κ3) is 7.09. The Kier molecular flexibility index (Phi) is 9.07. The first-order valence-corrected chi connectivity index (χ1v) is 13.2. The Morgan fingerprint density at radius 3 is 1.97 bits per heavy atom. The smallest absolute Gasteiger partial charge is 0.425 e. The number of halogens is 8. The van der Waals surface area contributed by atoms with Crippen LogP contribution in [0.2, 0.25) is 0 Å². The number of benzene rings is 2. The number of hydrogen-bond donors (Lipinski definition) is 1. The number of ether oxygens (including phenoxy) is 2. The molecule has 0 aliphatic carbocycles. The van der Waals surface area contributed by atoms with Gasteiger partial charge in [0.2, 0.25) is 6.10 Å². The molecule has 2 aromatic rings. The number of fused-ring (bicyclic) bond motifs is 1. The van der Waals surface area contributed by atoms with E-state index in [9.17, 15) is 56.8 Å². The highest BCUT2D eigenvalue weighted by atomic mass is 32.3. The lowest BCUT2D eigenvalue weighted by molar-refractivity contribution is -0.262. The summed E-state index contributed by atoms with van der Waals surface area (Å²) in [5, 5.41) is -5.09. The molecule has 0 spiro atoms. The molecule has 0 aromatic heterocycles. The van der Waals surface area contributed by atoms with Crippen LogP contribution in [-0.4, -0.2) is 52.5 Å². The number of esters is 1. The van der Waals surface area contributed by atoms with Crippen molar-refractivity contribution in [2.24, 2.45) is 0 Å². The largest absolute Gasteiger partial charge is 0.512 e. The standard InChI is InChI=1S/C20H19F8NO7S2/c1-3-11(2)12-4-5-14-9-15(7-6-13(14)8-12)36-16(30)10-35-17(18(21,22)23)19(24,25)37(31,32)29-38(33,34)20(26,27)28/h4-9,11,17,29H,3,10H2,1-2H3. The second kappa shape index (κ2) is 10.9. The summed E-state index contributed by atoms with van der Waals surface area (Å²) in [7, 11) is -14.3. The fourth-order valence-electron chi connectivity index (χ4n) is 2.93. The molecule has 18 heteroatoms. The summed E-state index contributed by atoms with van der Waals surface area (Å²) in [5.74, 6) is -1.72. The van der Waals surface area contributed by atoms with Crippen molar-refractivity contribution in [2.45, 2.75) is 49.2 Å². The van der Waals surface area contributed by atoms with Crippen LogP contribution in [-0.2, 0) is 29.6 Å². The fraction of sp³-hybridized carbons (Fsp3) is 0.450. The number of carbonyl (C=O) groups is 1. The van der Waals surface area contributed by atoms with Crippen LogP contribution in [0.15, 0.2) is 36.4 Å². The van der Waals surface area contributed by atoms with Crippen molar-refractivity contribution < 1.29 is 66.2 Å². The van der Waals surface area contributed by atoms with Crippen LogP contribution >= 0.6 is 0 Å². The van der Waals surface area contributed by atoms with Crippen LogP contribution < -0.4 is 8.86 Å². The van der Waals surface area contributed by atoms with Crippen LogP contribution in [0.1, 0.15) is 31.7 Å². The third-order valence-electron chi connectivity index (χ3n) is 5.10. The van der Waals surface area contributed by atoms with E-state index in [2.05, 4.69) is 4.74 Å². The highest BCUT2D eigenvalue weighted by Gasteiger charge is 2.66. The van der Waals surface area contributed by atoms with Gasteiger partial charge in [0.1, 0.15) is 12.4 Å². The van der Waals surface area contributed by atoms with Crippen molar-refractivity contribution in [3.05, 3.63) is 42.0 Å². The lowest BCUT2D eigenvalue weighted by Gasteiger charge is -2.28. The maximum absolute atomic E-state index is 14.2. The summed E-state index contributed by atoms with van der Waals surface area (Å²) in [4.78, 5) is 11.9. The Hall–Kier alpha value is -2.57. The molecule has 8 nitrogen and oxygen atoms in total. The van der Waals surface area contributed by atoms with Gasteiger partial charge in [-0.2, -0.15) is 35.1 Å². The predicted octanol–water partition coefficient (Wildman–Crippen LogP) is 4.57. The van der Waals surface area contributed by atoms with Crippen LogP contribution in [0.4, 0.5) is 35.1 Å². The molecule has 2 atom stereocenters. The Balaban J connectivity index is 2.21. The van der Waals surface area contributed by atoms with E-state index < -0.39 is 59.8 Å². The van der Waals surface area contributed by atoms with Crippen molar-refractivity contribution in [3.63, 3.8) is 0 Å². The summed E-state index contributed by atoms with van der Waals surface area (Å²) in [6, 6.07) is 9.32. The maximum Gasteiger partial charge on any atom is 0.512 e. The molecule has 2 rings (SSSR count). The lowest BCUT2D eigenvalue weighted by atomic mass is 9.96. The molecule has 0 heterocycles. The molecule has 214 valence electrons. The highest BCUT2D eigenvalue weighted by molar-refractivity contribution is 8.05. The van der Waals surface area contributed by atoms with E-state index in [0.29, 0.717) is 10.8 Å². The van der Waals surface area contributed by atoms with Crippen molar-refractivity contribution in [3.8, 4) is 5.75 Å². The fourth-order valence-corrected chi connectivity index (χ4v) is 5.39. The average molecular weight is 601 g/mol. The molecule has 0 fully saturated rings. The van der Waals surface area contributed by atoms with Crippen LogP contribution in [0, 0.1) is 0 Å². The molecule has 38 heavy (non-hydrogen) atoms. The van der Waals surface area contributed by atoms with Gasteiger partial charge in [0.15, 0.2) is 0 Å². The van der Waals surface area contributed by atoms with Crippen LogP contribution in [0.25, 0.3) is 10.8 Å². The van der Waals surface area contributed by atoms with Crippen molar-refractivity contribution in [2.75, 3.05) is 6.61 Å². The summed E-state index contributed by atoms with van der Waals surface area (Å²) in [5.41, 5.74) is -5.45. The molecule has 1 N–H and O–H groups in total. The zero-order valence-electron chi connectivity index (χ0n) is 19.2. The van der Waals surface area contributed by atoms with E-state index in [1.807, 2.05) is 19.9 Å². The van der Waals surface area contributed by atoms with E-state index in [-0.39, 0.29) is 11.7 Å². The highest BCUT2D eigenvalue weighted by Crippen LogP contribution is 2.39. The summed E-state index contributed by atoms with van der Waals surface area (Å²) >= 11 is 0. The average Bonchev–Trinajstić information content (AvgIpc) is 2.75. The second-order valence-corrected chi connectivity index (χ2v) is 11.6. The third-order valence-corrected chi connectivity index (χ3v) is 8.40. The summed E-state index contributed by atoms with van der Waals surface area (Å²) < 4.78 is 158. The normalized spacial score (nSPS) is 15.3. The summed E-state index contributed by atoms with van der Waals surface area (Å²) in [6.45, 7) is 2.03. The minimum Gasteiger partial charge on any atom is -0.425 e. The molecular formula is C20H19F8NO7S2. The van der Waals surface area contributed by atoms with E-state index in [1.165, 1.54) is 18.2 Å². The number of rotatable bonds is 10. The zero-order valence-corrected chi connectivity index (χ0v) is 20.9. The molecule has 0 saturated carbocycles. The van der Waals surface area contributed by atoms with Gasteiger partial charge in [0.05, 0.1) is 0 Å².